The van der Waals surface area contributed by atoms with Crippen molar-refractivity contribution in [1.29, 1.82) is 0 Å². The van der Waals surface area contributed by atoms with Crippen LogP contribution in [0.3, 0.4) is 0 Å². The predicted molar refractivity (Wildman–Crippen MR) is 129 cm³/mol. The topological polar surface area (TPSA) is 60.5 Å². The molecule has 4 rings (SSSR count). The number of aromatic nitrogens is 1. The molecule has 0 fully saturated rings. The van der Waals surface area contributed by atoms with Gasteiger partial charge in [-0.15, -0.1) is 0 Å². The number of methoxy groups -OCH3 is 1. The molecule has 0 saturated heterocycles. The van der Waals surface area contributed by atoms with Crippen LogP contribution in [0.4, 0.5) is 5.69 Å². The Labute approximate surface area is 192 Å². The summed E-state index contributed by atoms with van der Waals surface area (Å²) in [6.07, 6.45) is 0. The van der Waals surface area contributed by atoms with E-state index in [1.807, 2.05) is 56.3 Å². The van der Waals surface area contributed by atoms with E-state index in [0.717, 1.165) is 27.7 Å². The number of hydrogen-bond acceptors (Lipinski definition) is 4. The Morgan fingerprint density at radius 3 is 2.53 bits per heavy atom. The molecule has 1 heterocycles. The monoisotopic (exact) mass is 446 g/mol. The standard InChI is InChI=1S/C26H23ClN2O3/c1-4-32-24-15-22(17-8-6-5-7-9-17)28-21-11-10-18(13-19(21)24)26(30)29-23-12-16(2)20(27)14-25(23)31-3/h5-15H,4H2,1-3H3,(H,29,30). The number of carbonyl (C=O) groups excluding carboxylic acids is 1. The molecule has 0 aliphatic heterocycles. The largest absolute Gasteiger partial charge is 0.495 e. The molecule has 3 aromatic carbocycles. The predicted octanol–water partition coefficient (Wildman–Crippen LogP) is 6.52. The molecule has 162 valence electrons. The number of benzene rings is 3. The van der Waals surface area contributed by atoms with Crippen LogP contribution in [0.1, 0.15) is 22.8 Å². The SMILES string of the molecule is CCOc1cc(-c2ccccc2)nc2ccc(C(=O)Nc3cc(C)c(Cl)cc3OC)cc12. The number of aryl methyl sites for hydroxylation is 1. The number of carbonyl (C=O) groups is 1. The van der Waals surface area contributed by atoms with Gasteiger partial charge >= 0.3 is 0 Å². The highest BCUT2D eigenvalue weighted by molar-refractivity contribution is 6.31. The van der Waals surface area contributed by atoms with Crippen LogP contribution in [0.15, 0.2) is 66.7 Å². The first-order valence-corrected chi connectivity index (χ1v) is 10.7. The molecule has 32 heavy (non-hydrogen) atoms. The smallest absolute Gasteiger partial charge is 0.255 e. The van der Waals surface area contributed by atoms with E-state index in [0.29, 0.717) is 34.4 Å². The number of ether oxygens (including phenoxy) is 2. The lowest BCUT2D eigenvalue weighted by Crippen LogP contribution is -2.13. The van der Waals surface area contributed by atoms with E-state index >= 15 is 0 Å². The van der Waals surface area contributed by atoms with Crippen LogP contribution in [0, 0.1) is 6.92 Å². The highest BCUT2D eigenvalue weighted by atomic mass is 35.5. The number of nitrogens with one attached hydrogen (secondary N) is 1. The molecule has 0 radical (unpaired) electrons. The van der Waals surface area contributed by atoms with Crippen molar-refractivity contribution in [2.24, 2.45) is 0 Å². The van der Waals surface area contributed by atoms with Gasteiger partial charge in [-0.05, 0) is 43.7 Å². The first-order chi connectivity index (χ1) is 15.5. The lowest BCUT2D eigenvalue weighted by Gasteiger charge is -2.14. The molecule has 0 aliphatic rings. The van der Waals surface area contributed by atoms with Crippen molar-refractivity contribution in [2.75, 3.05) is 19.0 Å². The minimum Gasteiger partial charge on any atom is -0.495 e. The lowest BCUT2D eigenvalue weighted by atomic mass is 10.1. The molecule has 6 heteroatoms. The summed E-state index contributed by atoms with van der Waals surface area (Å²) in [5, 5.41) is 4.27. The Bertz CT molecular complexity index is 1290. The Morgan fingerprint density at radius 2 is 1.81 bits per heavy atom. The summed E-state index contributed by atoms with van der Waals surface area (Å²) in [4.78, 5) is 17.8. The number of amides is 1. The van der Waals surface area contributed by atoms with E-state index < -0.39 is 0 Å². The number of anilines is 1. The van der Waals surface area contributed by atoms with Gasteiger partial charge in [0.1, 0.15) is 11.5 Å². The summed E-state index contributed by atoms with van der Waals surface area (Å²) in [5.74, 6) is 0.923. The Balaban J connectivity index is 1.72. The van der Waals surface area contributed by atoms with Crippen molar-refractivity contribution in [3.05, 3.63) is 82.9 Å². The molecule has 4 aromatic rings. The van der Waals surface area contributed by atoms with Crippen molar-refractivity contribution in [2.45, 2.75) is 13.8 Å². The number of nitrogens with zero attached hydrogens (tertiary/aromatic N) is 1. The fourth-order valence-electron chi connectivity index (χ4n) is 3.49. The lowest BCUT2D eigenvalue weighted by molar-refractivity contribution is 0.102. The minimum atomic E-state index is -0.262. The molecule has 0 bridgehead atoms. The van der Waals surface area contributed by atoms with E-state index in [2.05, 4.69) is 5.32 Å². The van der Waals surface area contributed by atoms with Crippen LogP contribution in [0.25, 0.3) is 22.2 Å². The second kappa shape index (κ2) is 9.28. The van der Waals surface area contributed by atoms with Crippen molar-refractivity contribution in [3.63, 3.8) is 0 Å². The van der Waals surface area contributed by atoms with E-state index in [1.54, 1.807) is 24.3 Å². The maximum atomic E-state index is 13.0. The van der Waals surface area contributed by atoms with E-state index in [9.17, 15) is 4.79 Å². The normalized spacial score (nSPS) is 10.8. The van der Waals surface area contributed by atoms with Crippen LogP contribution in [0.2, 0.25) is 5.02 Å². The second-order valence-electron chi connectivity index (χ2n) is 7.29. The number of halogens is 1. The molecular formula is C26H23ClN2O3. The molecule has 1 aromatic heterocycles. The third-order valence-electron chi connectivity index (χ3n) is 5.13. The maximum Gasteiger partial charge on any atom is 0.255 e. The van der Waals surface area contributed by atoms with Gasteiger partial charge < -0.3 is 14.8 Å². The summed E-state index contributed by atoms with van der Waals surface area (Å²) in [7, 11) is 1.54. The summed E-state index contributed by atoms with van der Waals surface area (Å²) in [5.41, 5.74) is 4.47. The number of rotatable bonds is 6. The molecule has 0 spiro atoms. The molecular weight excluding hydrogens is 424 g/mol. The first kappa shape index (κ1) is 21.7. The number of fused-ring (bicyclic) bond motifs is 1. The van der Waals surface area contributed by atoms with Gasteiger partial charge in [0.15, 0.2) is 0 Å². The molecule has 1 amide bonds. The van der Waals surface area contributed by atoms with Gasteiger partial charge in [0.05, 0.1) is 30.6 Å². The van der Waals surface area contributed by atoms with Gasteiger partial charge in [-0.2, -0.15) is 0 Å². The summed E-state index contributed by atoms with van der Waals surface area (Å²) in [6, 6.07) is 20.7. The maximum absolute atomic E-state index is 13.0. The van der Waals surface area contributed by atoms with Gasteiger partial charge in [0, 0.05) is 33.7 Å². The molecule has 0 atom stereocenters. The van der Waals surface area contributed by atoms with Gasteiger partial charge in [-0.1, -0.05) is 41.9 Å². The van der Waals surface area contributed by atoms with Crippen LogP contribution in [-0.4, -0.2) is 24.6 Å². The zero-order chi connectivity index (χ0) is 22.7. The highest BCUT2D eigenvalue weighted by Gasteiger charge is 2.15. The van der Waals surface area contributed by atoms with Crippen molar-refractivity contribution < 1.29 is 14.3 Å². The Kier molecular flexibility index (Phi) is 6.28. The summed E-state index contributed by atoms with van der Waals surface area (Å²) >= 11 is 6.17. The summed E-state index contributed by atoms with van der Waals surface area (Å²) < 4.78 is 11.3. The zero-order valence-electron chi connectivity index (χ0n) is 18.1. The van der Waals surface area contributed by atoms with E-state index in [1.165, 1.54) is 7.11 Å². The third kappa shape index (κ3) is 4.39. The molecule has 5 nitrogen and oxygen atoms in total. The van der Waals surface area contributed by atoms with E-state index in [4.69, 9.17) is 26.1 Å². The van der Waals surface area contributed by atoms with Crippen LogP contribution in [-0.2, 0) is 0 Å². The average molecular weight is 447 g/mol. The fourth-order valence-corrected chi connectivity index (χ4v) is 3.65. The Hall–Kier alpha value is -3.57. The first-order valence-electron chi connectivity index (χ1n) is 10.3. The molecule has 0 aliphatic carbocycles. The van der Waals surface area contributed by atoms with Crippen molar-refractivity contribution in [3.8, 4) is 22.8 Å². The second-order valence-corrected chi connectivity index (χ2v) is 7.70. The van der Waals surface area contributed by atoms with Gasteiger partial charge in [-0.25, -0.2) is 4.98 Å². The fraction of sp³-hybridized carbons (Fsp3) is 0.154. The van der Waals surface area contributed by atoms with Crippen LogP contribution in [0.5, 0.6) is 11.5 Å². The highest BCUT2D eigenvalue weighted by Crippen LogP contribution is 2.33. The van der Waals surface area contributed by atoms with Gasteiger partial charge in [0.2, 0.25) is 0 Å². The minimum absolute atomic E-state index is 0.262. The zero-order valence-corrected chi connectivity index (χ0v) is 18.9. The quantitative estimate of drug-likeness (QED) is 0.366. The summed E-state index contributed by atoms with van der Waals surface area (Å²) in [6.45, 7) is 4.31. The van der Waals surface area contributed by atoms with Crippen LogP contribution < -0.4 is 14.8 Å². The van der Waals surface area contributed by atoms with Crippen molar-refractivity contribution >= 4 is 34.1 Å². The van der Waals surface area contributed by atoms with Crippen LogP contribution >= 0.6 is 11.6 Å². The molecule has 0 saturated carbocycles. The molecule has 0 unspecified atom stereocenters. The van der Waals surface area contributed by atoms with Crippen molar-refractivity contribution in [1.82, 2.24) is 4.98 Å². The third-order valence-corrected chi connectivity index (χ3v) is 5.54. The van der Waals surface area contributed by atoms with Gasteiger partial charge in [-0.3, -0.25) is 4.79 Å². The molecule has 1 N–H and O–H groups in total. The Morgan fingerprint density at radius 1 is 1.03 bits per heavy atom. The number of hydrogen-bond donors (Lipinski definition) is 1. The van der Waals surface area contributed by atoms with Gasteiger partial charge in [0.25, 0.3) is 5.91 Å². The number of pyridine rings is 1. The average Bonchev–Trinajstić information content (AvgIpc) is 2.81. The van der Waals surface area contributed by atoms with E-state index in [-0.39, 0.29) is 5.91 Å².